The Balaban J connectivity index is 2.00. The van der Waals surface area contributed by atoms with E-state index in [4.69, 9.17) is 0 Å². The second-order valence-electron chi connectivity index (χ2n) is 6.88. The Morgan fingerprint density at radius 2 is 2.08 bits per heavy atom. The van der Waals surface area contributed by atoms with Crippen LogP contribution in [0.15, 0.2) is 23.1 Å². The third kappa shape index (κ3) is 2.52. The molecule has 0 aliphatic carbocycles. The molecule has 25 heavy (non-hydrogen) atoms. The summed E-state index contributed by atoms with van der Waals surface area (Å²) in [4.78, 5) is 26.6. The minimum absolute atomic E-state index is 0.131. The highest BCUT2D eigenvalue weighted by Crippen LogP contribution is 2.37. The number of rotatable bonds is 3. The number of aromatic nitrogens is 1. The second kappa shape index (κ2) is 6.19. The molecule has 4 rings (SSSR count). The van der Waals surface area contributed by atoms with Crippen molar-refractivity contribution < 1.29 is 9.90 Å². The molecule has 0 radical (unpaired) electrons. The fraction of sp³-hybridized carbons (Fsp3) is 0.474. The Bertz CT molecular complexity index is 897. The Labute approximate surface area is 146 Å². The van der Waals surface area contributed by atoms with E-state index >= 15 is 0 Å². The molecule has 6 heteroatoms. The molecule has 1 saturated heterocycles. The highest BCUT2D eigenvalue weighted by atomic mass is 16.4. The quantitative estimate of drug-likeness (QED) is 0.893. The summed E-state index contributed by atoms with van der Waals surface area (Å²) in [6, 6.07) is 4.07. The van der Waals surface area contributed by atoms with E-state index in [1.165, 1.54) is 11.3 Å². The molecule has 1 fully saturated rings. The summed E-state index contributed by atoms with van der Waals surface area (Å²) in [6.45, 7) is 5.93. The van der Waals surface area contributed by atoms with Crippen LogP contribution < -0.4 is 15.6 Å². The lowest BCUT2D eigenvalue weighted by Gasteiger charge is -2.35. The van der Waals surface area contributed by atoms with Gasteiger partial charge in [0.25, 0.3) is 0 Å². The number of pyridine rings is 1. The molecule has 0 saturated carbocycles. The van der Waals surface area contributed by atoms with Crippen LogP contribution in [0.25, 0.3) is 10.9 Å². The van der Waals surface area contributed by atoms with E-state index in [-0.39, 0.29) is 17.0 Å². The molecule has 1 aromatic heterocycles. The smallest absolute Gasteiger partial charge is 0.341 e. The number of hydrogen-bond donors (Lipinski definition) is 2. The molecule has 0 amide bonds. The second-order valence-corrected chi connectivity index (χ2v) is 6.88. The van der Waals surface area contributed by atoms with Gasteiger partial charge in [0.05, 0.1) is 5.52 Å². The molecule has 0 spiro atoms. The zero-order valence-electron chi connectivity index (χ0n) is 14.4. The van der Waals surface area contributed by atoms with E-state index < -0.39 is 5.97 Å². The van der Waals surface area contributed by atoms with E-state index in [1.807, 2.05) is 16.7 Å². The Morgan fingerprint density at radius 1 is 1.32 bits per heavy atom. The summed E-state index contributed by atoms with van der Waals surface area (Å²) in [7, 11) is 0. The number of piperazine rings is 1. The van der Waals surface area contributed by atoms with Crippen molar-refractivity contribution in [1.29, 1.82) is 0 Å². The maximum Gasteiger partial charge on any atom is 0.341 e. The van der Waals surface area contributed by atoms with Crippen LogP contribution in [-0.4, -0.2) is 41.8 Å². The molecule has 2 aliphatic heterocycles. The van der Waals surface area contributed by atoms with Gasteiger partial charge >= 0.3 is 5.97 Å². The molecular formula is C19H23N3O3. The first-order valence-electron chi connectivity index (χ1n) is 9.01. The van der Waals surface area contributed by atoms with Gasteiger partial charge in [0.2, 0.25) is 5.43 Å². The molecule has 132 valence electrons. The van der Waals surface area contributed by atoms with Crippen LogP contribution in [0.3, 0.4) is 0 Å². The maximum atomic E-state index is 12.7. The predicted molar refractivity (Wildman–Crippen MR) is 97.9 cm³/mol. The van der Waals surface area contributed by atoms with Gasteiger partial charge in [0.15, 0.2) is 0 Å². The number of nitrogens with one attached hydrogen (secondary N) is 1. The average Bonchev–Trinajstić information content (AvgIpc) is 2.64. The van der Waals surface area contributed by atoms with Crippen LogP contribution in [-0.2, 0) is 6.42 Å². The van der Waals surface area contributed by atoms with Crippen LogP contribution in [0.2, 0.25) is 0 Å². The fourth-order valence-corrected chi connectivity index (χ4v) is 4.25. The predicted octanol–water partition coefficient (Wildman–Crippen LogP) is 2.01. The molecule has 3 heterocycles. The number of carboxylic acid groups (broad SMARTS) is 1. The number of aryl methyl sites for hydroxylation is 1. The van der Waals surface area contributed by atoms with E-state index in [9.17, 15) is 14.7 Å². The Hall–Kier alpha value is -2.34. The van der Waals surface area contributed by atoms with Crippen molar-refractivity contribution in [2.75, 3.05) is 31.1 Å². The first kappa shape index (κ1) is 16.1. The van der Waals surface area contributed by atoms with Crippen molar-refractivity contribution in [2.45, 2.75) is 32.2 Å². The first-order chi connectivity index (χ1) is 12.1. The molecule has 1 atom stereocenters. The van der Waals surface area contributed by atoms with Crippen molar-refractivity contribution in [2.24, 2.45) is 0 Å². The van der Waals surface area contributed by atoms with E-state index in [1.54, 1.807) is 6.20 Å². The summed E-state index contributed by atoms with van der Waals surface area (Å²) in [5, 5.41) is 13.3. The maximum absolute atomic E-state index is 12.7. The first-order valence-corrected chi connectivity index (χ1v) is 9.01. The van der Waals surface area contributed by atoms with Gasteiger partial charge in [-0.05, 0) is 37.0 Å². The molecule has 2 aromatic rings. The number of hydrogen-bond acceptors (Lipinski definition) is 4. The highest BCUT2D eigenvalue weighted by Gasteiger charge is 2.27. The summed E-state index contributed by atoms with van der Waals surface area (Å²) in [5.74, 6) is -1.15. The van der Waals surface area contributed by atoms with Crippen molar-refractivity contribution in [3.8, 4) is 0 Å². The largest absolute Gasteiger partial charge is 0.477 e. The normalized spacial score (nSPS) is 20.0. The molecule has 1 unspecified atom stereocenters. The van der Waals surface area contributed by atoms with Gasteiger partial charge in [-0.2, -0.15) is 0 Å². The third-order valence-electron chi connectivity index (χ3n) is 5.55. The molecule has 0 bridgehead atoms. The van der Waals surface area contributed by atoms with E-state index in [0.29, 0.717) is 5.39 Å². The van der Waals surface area contributed by atoms with Crippen molar-refractivity contribution in [1.82, 2.24) is 9.88 Å². The number of carboxylic acids is 1. The van der Waals surface area contributed by atoms with Crippen molar-refractivity contribution in [3.63, 3.8) is 0 Å². The molecule has 2 N–H and O–H groups in total. The average molecular weight is 341 g/mol. The zero-order valence-corrected chi connectivity index (χ0v) is 14.4. The van der Waals surface area contributed by atoms with Gasteiger partial charge in [0.1, 0.15) is 5.56 Å². The number of nitrogens with zero attached hydrogens (tertiary/aromatic N) is 2. The van der Waals surface area contributed by atoms with Crippen molar-refractivity contribution >= 4 is 22.6 Å². The van der Waals surface area contributed by atoms with Gasteiger partial charge in [-0.1, -0.05) is 6.92 Å². The SMILES string of the molecule is CCC1CCc2c(N3CCNCC3)ccc3c(=O)c(C(=O)O)cn1c23. The van der Waals surface area contributed by atoms with Gasteiger partial charge < -0.3 is 19.9 Å². The number of aromatic carboxylic acids is 1. The van der Waals surface area contributed by atoms with Gasteiger partial charge in [-0.15, -0.1) is 0 Å². The number of carbonyl (C=O) groups is 1. The summed E-state index contributed by atoms with van der Waals surface area (Å²) in [6.07, 6.45) is 4.39. The van der Waals surface area contributed by atoms with Gasteiger partial charge in [-0.25, -0.2) is 4.79 Å². The monoisotopic (exact) mass is 341 g/mol. The third-order valence-corrected chi connectivity index (χ3v) is 5.55. The molecule has 1 aromatic carbocycles. The summed E-state index contributed by atoms with van der Waals surface area (Å²) >= 11 is 0. The standard InChI is InChI=1S/C19H23N3O3/c1-2-12-3-4-13-16(21-9-7-20-8-10-21)6-5-14-17(13)22(12)11-15(18(14)23)19(24)25/h5-6,11-12,20H,2-4,7-10H2,1H3,(H,24,25). The Kier molecular flexibility index (Phi) is 4.00. The molecule has 6 nitrogen and oxygen atoms in total. The number of benzene rings is 1. The van der Waals surface area contributed by atoms with E-state index in [0.717, 1.165) is 51.0 Å². The zero-order chi connectivity index (χ0) is 17.6. The van der Waals surface area contributed by atoms with Crippen LogP contribution in [0.4, 0.5) is 5.69 Å². The lowest BCUT2D eigenvalue weighted by Crippen LogP contribution is -2.44. The van der Waals surface area contributed by atoms with E-state index in [2.05, 4.69) is 17.1 Å². The molecular weight excluding hydrogens is 318 g/mol. The minimum atomic E-state index is -1.15. The lowest BCUT2D eigenvalue weighted by atomic mass is 9.92. The van der Waals surface area contributed by atoms with Crippen LogP contribution in [0, 0.1) is 0 Å². The molecule has 2 aliphatic rings. The van der Waals surface area contributed by atoms with Gasteiger partial charge in [-0.3, -0.25) is 4.79 Å². The van der Waals surface area contributed by atoms with Crippen LogP contribution in [0.1, 0.15) is 41.7 Å². The number of anilines is 1. The van der Waals surface area contributed by atoms with Crippen LogP contribution >= 0.6 is 0 Å². The Morgan fingerprint density at radius 3 is 2.76 bits per heavy atom. The lowest BCUT2D eigenvalue weighted by molar-refractivity contribution is 0.0694. The summed E-state index contributed by atoms with van der Waals surface area (Å²) < 4.78 is 2.05. The highest BCUT2D eigenvalue weighted by molar-refractivity contribution is 5.95. The van der Waals surface area contributed by atoms with Crippen LogP contribution in [0.5, 0.6) is 0 Å². The summed E-state index contributed by atoms with van der Waals surface area (Å²) in [5.41, 5.74) is 2.82. The minimum Gasteiger partial charge on any atom is -0.477 e. The van der Waals surface area contributed by atoms with Crippen molar-refractivity contribution in [3.05, 3.63) is 39.7 Å². The van der Waals surface area contributed by atoms with Gasteiger partial charge in [0, 0.05) is 49.5 Å². The topological polar surface area (TPSA) is 74.6 Å². The fourth-order valence-electron chi connectivity index (χ4n) is 4.25.